The van der Waals surface area contributed by atoms with E-state index in [1.165, 1.54) is 24.3 Å². The van der Waals surface area contributed by atoms with Crippen molar-refractivity contribution in [3.63, 3.8) is 0 Å². The van der Waals surface area contributed by atoms with Gasteiger partial charge in [0.25, 0.3) is 5.89 Å². The number of benzene rings is 1. The molecule has 0 N–H and O–H groups in total. The molecule has 124 valence electrons. The first-order valence-corrected chi connectivity index (χ1v) is 8.13. The Morgan fingerprint density at radius 3 is 2.46 bits per heavy atom. The van der Waals surface area contributed by atoms with Crippen molar-refractivity contribution in [2.45, 2.75) is 6.36 Å². The van der Waals surface area contributed by atoms with Gasteiger partial charge in [0, 0.05) is 16.5 Å². The monoisotopic (exact) mass is 416 g/mol. The van der Waals surface area contributed by atoms with Crippen LogP contribution in [0.4, 0.5) is 13.2 Å². The van der Waals surface area contributed by atoms with Crippen LogP contribution in [0.5, 0.6) is 5.75 Å². The van der Waals surface area contributed by atoms with E-state index in [1.54, 1.807) is 17.4 Å². The summed E-state index contributed by atoms with van der Waals surface area (Å²) in [7, 11) is 0. The summed E-state index contributed by atoms with van der Waals surface area (Å²) < 4.78 is 46.3. The lowest BCUT2D eigenvalue weighted by Gasteiger charge is -2.08. The van der Waals surface area contributed by atoms with Gasteiger partial charge in [-0.1, -0.05) is 5.16 Å². The Balaban J connectivity index is 1.72. The molecule has 0 bridgehead atoms. The van der Waals surface area contributed by atoms with Crippen molar-refractivity contribution in [1.29, 1.82) is 0 Å². The van der Waals surface area contributed by atoms with E-state index in [4.69, 9.17) is 4.52 Å². The molecule has 2 heterocycles. The molecule has 0 aliphatic heterocycles. The van der Waals surface area contributed by atoms with Gasteiger partial charge in [-0.3, -0.25) is 0 Å². The first-order valence-electron chi connectivity index (χ1n) is 6.52. The summed E-state index contributed by atoms with van der Waals surface area (Å²) in [6.45, 7) is 0. The van der Waals surface area contributed by atoms with Crippen LogP contribution in [0.15, 0.2) is 44.7 Å². The van der Waals surface area contributed by atoms with Crippen molar-refractivity contribution in [1.82, 2.24) is 10.1 Å². The van der Waals surface area contributed by atoms with Gasteiger partial charge in [0.15, 0.2) is 0 Å². The van der Waals surface area contributed by atoms with Crippen LogP contribution in [0, 0.1) is 0 Å². The molecule has 3 aromatic rings. The third-order valence-electron chi connectivity index (χ3n) is 2.77. The van der Waals surface area contributed by atoms with Crippen molar-refractivity contribution < 1.29 is 22.4 Å². The lowest BCUT2D eigenvalue weighted by Crippen LogP contribution is -2.16. The summed E-state index contributed by atoms with van der Waals surface area (Å²) in [5, 5.41) is 3.80. The van der Waals surface area contributed by atoms with Crippen LogP contribution in [0.25, 0.3) is 23.5 Å². The van der Waals surface area contributed by atoms with Gasteiger partial charge in [-0.15, -0.1) is 24.5 Å². The highest BCUT2D eigenvalue weighted by molar-refractivity contribution is 9.11. The van der Waals surface area contributed by atoms with Gasteiger partial charge in [-0.2, -0.15) is 4.98 Å². The van der Waals surface area contributed by atoms with E-state index in [9.17, 15) is 13.2 Å². The van der Waals surface area contributed by atoms with Crippen LogP contribution >= 0.6 is 27.3 Å². The van der Waals surface area contributed by atoms with Gasteiger partial charge in [0.05, 0.1) is 3.79 Å². The molecule has 0 atom stereocenters. The van der Waals surface area contributed by atoms with E-state index in [-0.39, 0.29) is 11.6 Å². The Kier molecular flexibility index (Phi) is 4.72. The predicted molar refractivity (Wildman–Crippen MR) is 87.4 cm³/mol. The van der Waals surface area contributed by atoms with Crippen molar-refractivity contribution >= 4 is 39.4 Å². The molecule has 0 saturated carbocycles. The number of ether oxygens (including phenoxy) is 1. The maximum atomic E-state index is 12.1. The maximum absolute atomic E-state index is 12.1. The lowest BCUT2D eigenvalue weighted by atomic mass is 10.2. The number of rotatable bonds is 4. The molecule has 9 heteroatoms. The Morgan fingerprint density at radius 2 is 1.83 bits per heavy atom. The SMILES string of the molecule is FC(F)(F)Oc1ccc(-c2noc(/C=C/c3ccc(Br)s3)n2)cc1. The molecule has 0 unspecified atom stereocenters. The fraction of sp³-hybridized carbons (Fsp3) is 0.0667. The second-order valence-corrected chi connectivity index (χ2v) is 7.00. The third kappa shape index (κ3) is 4.45. The van der Waals surface area contributed by atoms with Crippen LogP contribution in [0.2, 0.25) is 0 Å². The number of halogens is 4. The first kappa shape index (κ1) is 16.7. The molecule has 0 saturated heterocycles. The second-order valence-electron chi connectivity index (χ2n) is 4.50. The molecular weight excluding hydrogens is 409 g/mol. The summed E-state index contributed by atoms with van der Waals surface area (Å²) in [5.74, 6) is 0.267. The van der Waals surface area contributed by atoms with Gasteiger partial charge in [-0.05, 0) is 58.4 Å². The van der Waals surface area contributed by atoms with Gasteiger partial charge in [0.2, 0.25) is 5.82 Å². The summed E-state index contributed by atoms with van der Waals surface area (Å²) in [6.07, 6.45) is -1.23. The minimum absolute atomic E-state index is 0.278. The van der Waals surface area contributed by atoms with Crippen molar-refractivity contribution in [2.75, 3.05) is 0 Å². The Morgan fingerprint density at radius 1 is 1.08 bits per heavy atom. The largest absolute Gasteiger partial charge is 0.573 e. The molecule has 2 aromatic heterocycles. The minimum atomic E-state index is -4.72. The van der Waals surface area contributed by atoms with E-state index in [2.05, 4.69) is 30.8 Å². The van der Waals surface area contributed by atoms with Crippen LogP contribution in [0.1, 0.15) is 10.8 Å². The highest BCUT2D eigenvalue weighted by Gasteiger charge is 2.31. The van der Waals surface area contributed by atoms with E-state index in [1.807, 2.05) is 18.2 Å². The highest BCUT2D eigenvalue weighted by Crippen LogP contribution is 2.26. The molecule has 0 amide bonds. The van der Waals surface area contributed by atoms with Gasteiger partial charge < -0.3 is 9.26 Å². The predicted octanol–water partition coefficient (Wildman–Crippen LogP) is 5.63. The molecular formula is C15H8BrF3N2O2S. The zero-order valence-electron chi connectivity index (χ0n) is 11.7. The number of hydrogen-bond acceptors (Lipinski definition) is 5. The molecule has 3 rings (SSSR count). The van der Waals surface area contributed by atoms with Crippen LogP contribution < -0.4 is 4.74 Å². The number of alkyl halides is 3. The van der Waals surface area contributed by atoms with E-state index in [0.29, 0.717) is 11.5 Å². The normalized spacial score (nSPS) is 12.0. The summed E-state index contributed by atoms with van der Waals surface area (Å²) in [6, 6.07) is 9.09. The Labute approximate surface area is 146 Å². The first-order chi connectivity index (χ1) is 11.4. The third-order valence-corrected chi connectivity index (χ3v) is 4.36. The molecule has 4 nitrogen and oxygen atoms in total. The van der Waals surface area contributed by atoms with Gasteiger partial charge >= 0.3 is 6.36 Å². The van der Waals surface area contributed by atoms with Crippen LogP contribution in [-0.2, 0) is 0 Å². The average molecular weight is 417 g/mol. The summed E-state index contributed by atoms with van der Waals surface area (Å²) in [5.41, 5.74) is 0.520. The Hall–Kier alpha value is -2.13. The molecule has 0 aliphatic carbocycles. The van der Waals surface area contributed by atoms with E-state index in [0.717, 1.165) is 8.66 Å². The molecule has 0 aliphatic rings. The van der Waals surface area contributed by atoms with Crippen LogP contribution in [0.3, 0.4) is 0 Å². The maximum Gasteiger partial charge on any atom is 0.573 e. The fourth-order valence-electron chi connectivity index (χ4n) is 1.80. The molecule has 24 heavy (non-hydrogen) atoms. The molecule has 0 fully saturated rings. The standard InChI is InChI=1S/C15H8BrF3N2O2S/c16-12-7-5-11(24-12)6-8-13-20-14(21-23-13)9-1-3-10(4-2-9)22-15(17,18)19/h1-8H/b8-6+. The summed E-state index contributed by atoms with van der Waals surface area (Å²) >= 11 is 4.92. The average Bonchev–Trinajstić information content (AvgIpc) is 3.13. The fourth-order valence-corrected chi connectivity index (χ4v) is 3.12. The number of hydrogen-bond donors (Lipinski definition) is 0. The zero-order chi connectivity index (χ0) is 17.2. The molecule has 1 aromatic carbocycles. The number of nitrogens with zero attached hydrogens (tertiary/aromatic N) is 2. The molecule has 0 spiro atoms. The van der Waals surface area contributed by atoms with E-state index < -0.39 is 6.36 Å². The quantitative estimate of drug-likeness (QED) is 0.552. The van der Waals surface area contributed by atoms with Gasteiger partial charge in [-0.25, -0.2) is 0 Å². The van der Waals surface area contributed by atoms with Gasteiger partial charge in [0.1, 0.15) is 5.75 Å². The number of aromatic nitrogens is 2. The van der Waals surface area contributed by atoms with Crippen molar-refractivity contribution in [2.24, 2.45) is 0 Å². The van der Waals surface area contributed by atoms with E-state index >= 15 is 0 Å². The minimum Gasteiger partial charge on any atom is -0.406 e. The van der Waals surface area contributed by atoms with Crippen LogP contribution in [-0.4, -0.2) is 16.5 Å². The van der Waals surface area contributed by atoms with Crippen molar-refractivity contribution in [3.8, 4) is 17.1 Å². The highest BCUT2D eigenvalue weighted by atomic mass is 79.9. The number of thiophene rings is 1. The smallest absolute Gasteiger partial charge is 0.406 e. The Bertz CT molecular complexity index is 856. The lowest BCUT2D eigenvalue weighted by molar-refractivity contribution is -0.274. The van der Waals surface area contributed by atoms with Crippen molar-refractivity contribution in [3.05, 3.63) is 51.0 Å². The zero-order valence-corrected chi connectivity index (χ0v) is 14.2. The topological polar surface area (TPSA) is 48.2 Å². The second kappa shape index (κ2) is 6.78. The molecule has 0 radical (unpaired) electrons. The summed E-state index contributed by atoms with van der Waals surface area (Å²) in [4.78, 5) is 5.18.